The van der Waals surface area contributed by atoms with Crippen LogP contribution in [0.2, 0.25) is 5.02 Å². The van der Waals surface area contributed by atoms with Gasteiger partial charge in [0.25, 0.3) is 0 Å². The molecule has 0 aliphatic rings. The van der Waals surface area contributed by atoms with Gasteiger partial charge in [-0.15, -0.1) is 0 Å². The van der Waals surface area contributed by atoms with Crippen LogP contribution in [0.5, 0.6) is 0 Å². The van der Waals surface area contributed by atoms with Crippen LogP contribution >= 0.6 is 39.7 Å². The van der Waals surface area contributed by atoms with E-state index >= 15 is 0 Å². The molecule has 0 saturated carbocycles. The van der Waals surface area contributed by atoms with Crippen LogP contribution in [0.25, 0.3) is 0 Å². The largest absolute Gasteiger partial charge is 0.376 e. The molecule has 0 saturated heterocycles. The van der Waals surface area contributed by atoms with Crippen molar-refractivity contribution in [3.8, 4) is 0 Å². The molecule has 0 atom stereocenters. The fourth-order valence-corrected chi connectivity index (χ4v) is 1.55. The Bertz CT molecular complexity index is 331. The van der Waals surface area contributed by atoms with E-state index in [0.717, 1.165) is 15.7 Å². The van der Waals surface area contributed by atoms with E-state index in [2.05, 4.69) is 21.2 Å². The van der Waals surface area contributed by atoms with Gasteiger partial charge in [-0.05, 0) is 52.8 Å². The van der Waals surface area contributed by atoms with Crippen molar-refractivity contribution in [2.75, 3.05) is 5.32 Å². The summed E-state index contributed by atoms with van der Waals surface area (Å²) in [6.45, 7) is 1.95. The van der Waals surface area contributed by atoms with Gasteiger partial charge in [-0.2, -0.15) is 0 Å². The van der Waals surface area contributed by atoms with Crippen molar-refractivity contribution < 1.29 is 0 Å². The summed E-state index contributed by atoms with van der Waals surface area (Å²) in [4.78, 5) is 0. The van der Waals surface area contributed by atoms with Crippen LogP contribution in [0, 0.1) is 6.92 Å². The van der Waals surface area contributed by atoms with Crippen LogP contribution in [0.3, 0.4) is 0 Å². The molecule has 0 aliphatic heterocycles. The minimum Gasteiger partial charge on any atom is -0.376 e. The number of nitrogens with two attached hydrogens (primary N) is 1. The Labute approximate surface area is 95.6 Å². The Balaban J connectivity index is 3.06. The average molecular weight is 280 g/mol. The third-order valence-electron chi connectivity index (χ3n) is 1.48. The maximum atomic E-state index is 5.93. The highest BCUT2D eigenvalue weighted by atomic mass is 79.9. The molecule has 0 unspecified atom stereocenters. The number of thiocarbonyl (C=S) groups is 1. The fourth-order valence-electron chi connectivity index (χ4n) is 0.941. The zero-order chi connectivity index (χ0) is 10.0. The average Bonchev–Trinajstić information content (AvgIpc) is 1.98. The SMILES string of the molecule is Cc1cc(NC(N)=S)cc(Cl)c1Br. The third kappa shape index (κ3) is 2.83. The Hall–Kier alpha value is -0.320. The van der Waals surface area contributed by atoms with E-state index in [1.54, 1.807) is 6.07 Å². The van der Waals surface area contributed by atoms with Crippen LogP contribution in [-0.4, -0.2) is 5.11 Å². The maximum Gasteiger partial charge on any atom is 0.168 e. The lowest BCUT2D eigenvalue weighted by molar-refractivity contribution is 1.42. The molecule has 0 amide bonds. The number of nitrogens with one attached hydrogen (secondary N) is 1. The first-order chi connectivity index (χ1) is 6.00. The molecule has 0 aliphatic carbocycles. The summed E-state index contributed by atoms with van der Waals surface area (Å²) in [7, 11) is 0. The van der Waals surface area contributed by atoms with Gasteiger partial charge in [0.05, 0.1) is 5.02 Å². The summed E-state index contributed by atoms with van der Waals surface area (Å²) in [6.07, 6.45) is 0. The summed E-state index contributed by atoms with van der Waals surface area (Å²) in [5.74, 6) is 0. The molecule has 0 fully saturated rings. The van der Waals surface area contributed by atoms with Crippen molar-refractivity contribution in [1.29, 1.82) is 0 Å². The van der Waals surface area contributed by atoms with Gasteiger partial charge in [-0.1, -0.05) is 11.6 Å². The summed E-state index contributed by atoms with van der Waals surface area (Å²) in [5, 5.41) is 3.69. The van der Waals surface area contributed by atoms with E-state index in [-0.39, 0.29) is 5.11 Å². The molecule has 1 aromatic carbocycles. The van der Waals surface area contributed by atoms with Gasteiger partial charge in [0.15, 0.2) is 5.11 Å². The van der Waals surface area contributed by atoms with E-state index in [1.807, 2.05) is 13.0 Å². The van der Waals surface area contributed by atoms with Crippen LogP contribution < -0.4 is 11.1 Å². The van der Waals surface area contributed by atoms with E-state index < -0.39 is 0 Å². The lowest BCUT2D eigenvalue weighted by Crippen LogP contribution is -2.18. The monoisotopic (exact) mass is 278 g/mol. The maximum absolute atomic E-state index is 5.93. The number of halogens is 2. The van der Waals surface area contributed by atoms with Crippen molar-refractivity contribution in [1.82, 2.24) is 0 Å². The van der Waals surface area contributed by atoms with Crippen molar-refractivity contribution >= 4 is 50.5 Å². The van der Waals surface area contributed by atoms with Gasteiger partial charge in [-0.25, -0.2) is 0 Å². The van der Waals surface area contributed by atoms with Crippen LogP contribution in [0.1, 0.15) is 5.56 Å². The van der Waals surface area contributed by atoms with Crippen LogP contribution in [-0.2, 0) is 0 Å². The molecule has 0 aromatic heterocycles. The second kappa shape index (κ2) is 4.26. The summed E-state index contributed by atoms with van der Waals surface area (Å²) >= 11 is 14.0. The highest BCUT2D eigenvalue weighted by Crippen LogP contribution is 2.29. The number of hydrogen-bond donors (Lipinski definition) is 2. The molecule has 3 N–H and O–H groups in total. The first kappa shape index (κ1) is 10.8. The predicted octanol–water partition coefficient (Wildman–Crippen LogP) is 3.07. The summed E-state index contributed by atoms with van der Waals surface area (Å²) in [6, 6.07) is 3.67. The quantitative estimate of drug-likeness (QED) is 0.776. The van der Waals surface area contributed by atoms with Gasteiger partial charge in [0.1, 0.15) is 0 Å². The van der Waals surface area contributed by atoms with Gasteiger partial charge in [0, 0.05) is 10.2 Å². The zero-order valence-electron chi connectivity index (χ0n) is 6.90. The molecular formula is C8H8BrClN2S. The van der Waals surface area contributed by atoms with E-state index in [4.69, 9.17) is 29.6 Å². The predicted molar refractivity (Wildman–Crippen MR) is 64.3 cm³/mol. The van der Waals surface area contributed by atoms with Crippen molar-refractivity contribution in [3.05, 3.63) is 27.2 Å². The molecule has 0 bridgehead atoms. The first-order valence-electron chi connectivity index (χ1n) is 3.53. The molecule has 2 nitrogen and oxygen atoms in total. The lowest BCUT2D eigenvalue weighted by atomic mass is 10.2. The Morgan fingerprint density at radius 1 is 1.62 bits per heavy atom. The Kier molecular flexibility index (Phi) is 3.53. The van der Waals surface area contributed by atoms with Crippen LogP contribution in [0.15, 0.2) is 16.6 Å². The van der Waals surface area contributed by atoms with Crippen LogP contribution in [0.4, 0.5) is 5.69 Å². The Morgan fingerprint density at radius 3 is 2.69 bits per heavy atom. The highest BCUT2D eigenvalue weighted by molar-refractivity contribution is 9.10. The van der Waals surface area contributed by atoms with Gasteiger partial charge in [-0.3, -0.25) is 0 Å². The summed E-state index contributed by atoms with van der Waals surface area (Å²) < 4.78 is 0.891. The summed E-state index contributed by atoms with van der Waals surface area (Å²) in [5.41, 5.74) is 7.17. The highest BCUT2D eigenvalue weighted by Gasteiger charge is 2.03. The van der Waals surface area contributed by atoms with Gasteiger partial charge in [0.2, 0.25) is 0 Å². The zero-order valence-corrected chi connectivity index (χ0v) is 10.1. The van der Waals surface area contributed by atoms with Crippen molar-refractivity contribution in [3.63, 3.8) is 0 Å². The second-order valence-corrected chi connectivity index (χ2v) is 4.22. The smallest absolute Gasteiger partial charge is 0.168 e. The molecule has 5 heteroatoms. The molecule has 1 aromatic rings. The molecule has 0 spiro atoms. The number of rotatable bonds is 1. The standard InChI is InChI=1S/C8H8BrClN2S/c1-4-2-5(12-8(11)13)3-6(10)7(4)9/h2-3H,1H3,(H3,11,12,13). The molecule has 13 heavy (non-hydrogen) atoms. The number of aryl methyl sites for hydroxylation is 1. The second-order valence-electron chi connectivity index (χ2n) is 2.58. The minimum atomic E-state index is 0.234. The van der Waals surface area contributed by atoms with E-state index in [9.17, 15) is 0 Å². The number of anilines is 1. The van der Waals surface area contributed by atoms with E-state index in [1.165, 1.54) is 0 Å². The van der Waals surface area contributed by atoms with E-state index in [0.29, 0.717) is 5.02 Å². The molecular weight excluding hydrogens is 272 g/mol. The van der Waals surface area contributed by atoms with Gasteiger partial charge >= 0.3 is 0 Å². The number of benzene rings is 1. The third-order valence-corrected chi connectivity index (χ3v) is 3.16. The van der Waals surface area contributed by atoms with Crippen molar-refractivity contribution in [2.24, 2.45) is 5.73 Å². The lowest BCUT2D eigenvalue weighted by Gasteiger charge is -2.07. The Morgan fingerprint density at radius 2 is 2.23 bits per heavy atom. The molecule has 0 heterocycles. The molecule has 1 rings (SSSR count). The molecule has 70 valence electrons. The fraction of sp³-hybridized carbons (Fsp3) is 0.125. The van der Waals surface area contributed by atoms with Crippen molar-refractivity contribution in [2.45, 2.75) is 6.92 Å². The minimum absolute atomic E-state index is 0.234. The van der Waals surface area contributed by atoms with Gasteiger partial charge < -0.3 is 11.1 Å². The molecule has 0 radical (unpaired) electrons. The normalized spacial score (nSPS) is 9.77. The topological polar surface area (TPSA) is 38.0 Å². The first-order valence-corrected chi connectivity index (χ1v) is 5.10. The number of hydrogen-bond acceptors (Lipinski definition) is 1.